The van der Waals surface area contributed by atoms with Gasteiger partial charge in [0.15, 0.2) is 0 Å². The first-order valence-corrected chi connectivity index (χ1v) is 6.17. The molecule has 0 aliphatic rings. The van der Waals surface area contributed by atoms with E-state index in [-0.39, 0.29) is 12.5 Å². The first kappa shape index (κ1) is 14.6. The highest BCUT2D eigenvalue weighted by atomic mass is 35.5. The van der Waals surface area contributed by atoms with Crippen molar-refractivity contribution in [3.8, 4) is 11.8 Å². The van der Waals surface area contributed by atoms with Crippen LogP contribution in [-0.2, 0) is 4.79 Å². The van der Waals surface area contributed by atoms with Crippen molar-refractivity contribution in [3.05, 3.63) is 28.8 Å². The van der Waals surface area contributed by atoms with Crippen LogP contribution in [0.15, 0.2) is 18.2 Å². The zero-order valence-electron chi connectivity index (χ0n) is 10.6. The van der Waals surface area contributed by atoms with Gasteiger partial charge >= 0.3 is 0 Å². The molecule has 0 aliphatic heterocycles. The van der Waals surface area contributed by atoms with Crippen LogP contribution in [0.25, 0.3) is 0 Å². The predicted octanol–water partition coefficient (Wildman–Crippen LogP) is 2.59. The molecular weight excluding hydrogens is 248 g/mol. The van der Waals surface area contributed by atoms with Crippen LogP contribution in [0.4, 0.5) is 5.69 Å². The number of rotatable bonds is 5. The van der Waals surface area contributed by atoms with Gasteiger partial charge in [0.1, 0.15) is 0 Å². The third kappa shape index (κ3) is 5.22. The van der Waals surface area contributed by atoms with E-state index in [1.54, 1.807) is 19.1 Å². The highest BCUT2D eigenvalue weighted by Gasteiger charge is 2.04. The van der Waals surface area contributed by atoms with Crippen molar-refractivity contribution in [2.75, 3.05) is 18.4 Å². The number of carbonyl (C=O) groups excluding carboxylic acids is 1. The Bertz CT molecular complexity index is 474. The summed E-state index contributed by atoms with van der Waals surface area (Å²) in [6.07, 6.45) is 0.750. The van der Waals surface area contributed by atoms with Gasteiger partial charge in [0.05, 0.1) is 6.54 Å². The number of benzene rings is 1. The topological polar surface area (TPSA) is 41.1 Å². The van der Waals surface area contributed by atoms with Crippen molar-refractivity contribution in [3.63, 3.8) is 0 Å². The van der Waals surface area contributed by atoms with Crippen molar-refractivity contribution >= 4 is 23.2 Å². The summed E-state index contributed by atoms with van der Waals surface area (Å²) in [6, 6.07) is 5.42. The molecule has 0 fully saturated rings. The van der Waals surface area contributed by atoms with E-state index in [4.69, 9.17) is 11.6 Å². The lowest BCUT2D eigenvalue weighted by atomic mass is 10.2. The Balaban J connectivity index is 2.39. The first-order chi connectivity index (χ1) is 8.63. The molecule has 4 heteroatoms. The smallest absolute Gasteiger partial charge is 0.238 e. The Kier molecular flexibility index (Phi) is 6.27. The van der Waals surface area contributed by atoms with E-state index < -0.39 is 0 Å². The quantitative estimate of drug-likeness (QED) is 0.634. The van der Waals surface area contributed by atoms with E-state index >= 15 is 0 Å². The number of amides is 1. The van der Waals surface area contributed by atoms with Crippen molar-refractivity contribution in [2.45, 2.75) is 20.3 Å². The molecular formula is C14H17ClN2O. The van der Waals surface area contributed by atoms with Gasteiger partial charge in [-0.05, 0) is 31.5 Å². The summed E-state index contributed by atoms with van der Waals surface area (Å²) >= 11 is 5.88. The van der Waals surface area contributed by atoms with Crippen molar-refractivity contribution in [1.82, 2.24) is 5.32 Å². The highest BCUT2D eigenvalue weighted by molar-refractivity contribution is 6.31. The summed E-state index contributed by atoms with van der Waals surface area (Å²) in [6.45, 7) is 4.71. The molecule has 18 heavy (non-hydrogen) atoms. The molecule has 0 spiro atoms. The molecule has 0 unspecified atom stereocenters. The molecule has 0 saturated heterocycles. The van der Waals surface area contributed by atoms with E-state index in [1.165, 1.54) is 0 Å². The van der Waals surface area contributed by atoms with Gasteiger partial charge in [-0.3, -0.25) is 4.79 Å². The number of halogens is 1. The fraction of sp³-hybridized carbons (Fsp3) is 0.357. The molecule has 1 aromatic carbocycles. The molecule has 0 aliphatic carbocycles. The van der Waals surface area contributed by atoms with Crippen LogP contribution in [0.3, 0.4) is 0 Å². The van der Waals surface area contributed by atoms with Gasteiger partial charge in [0.25, 0.3) is 0 Å². The van der Waals surface area contributed by atoms with Crippen LogP contribution >= 0.6 is 11.6 Å². The molecule has 0 atom stereocenters. The molecule has 1 rings (SSSR count). The monoisotopic (exact) mass is 264 g/mol. The van der Waals surface area contributed by atoms with Crippen LogP contribution in [0.1, 0.15) is 18.9 Å². The zero-order chi connectivity index (χ0) is 13.4. The third-order valence-electron chi connectivity index (χ3n) is 2.36. The zero-order valence-corrected chi connectivity index (χ0v) is 11.4. The van der Waals surface area contributed by atoms with Crippen LogP contribution in [-0.4, -0.2) is 19.0 Å². The van der Waals surface area contributed by atoms with Gasteiger partial charge in [-0.1, -0.05) is 17.7 Å². The molecule has 96 valence electrons. The van der Waals surface area contributed by atoms with E-state index in [2.05, 4.69) is 22.5 Å². The standard InChI is InChI=1S/C14H17ClN2O/c1-3-4-5-8-16-10-14(18)17-13-9-12(15)7-6-11(13)2/h6-7,9,16H,5,8,10H2,1-2H3,(H,17,18). The summed E-state index contributed by atoms with van der Waals surface area (Å²) in [5.41, 5.74) is 1.74. The lowest BCUT2D eigenvalue weighted by Crippen LogP contribution is -2.28. The minimum absolute atomic E-state index is 0.0789. The molecule has 0 aromatic heterocycles. The Morgan fingerprint density at radius 2 is 2.22 bits per heavy atom. The molecule has 0 heterocycles. The van der Waals surface area contributed by atoms with Crippen LogP contribution in [0, 0.1) is 18.8 Å². The molecule has 0 bridgehead atoms. The highest BCUT2D eigenvalue weighted by Crippen LogP contribution is 2.19. The molecule has 1 aromatic rings. The summed E-state index contributed by atoms with van der Waals surface area (Å²) in [5.74, 6) is 5.65. The van der Waals surface area contributed by atoms with E-state index in [1.807, 2.05) is 13.0 Å². The van der Waals surface area contributed by atoms with Crippen molar-refractivity contribution in [1.29, 1.82) is 0 Å². The predicted molar refractivity (Wildman–Crippen MR) is 75.8 cm³/mol. The Hall–Kier alpha value is -1.50. The number of anilines is 1. The average Bonchev–Trinajstić information content (AvgIpc) is 2.33. The fourth-order valence-electron chi connectivity index (χ4n) is 1.40. The SMILES string of the molecule is CC#CCCNCC(=O)Nc1cc(Cl)ccc1C. The number of hydrogen-bond donors (Lipinski definition) is 2. The average molecular weight is 265 g/mol. The molecule has 2 N–H and O–H groups in total. The minimum Gasteiger partial charge on any atom is -0.325 e. The summed E-state index contributed by atoms with van der Waals surface area (Å²) in [7, 11) is 0. The number of nitrogens with one attached hydrogen (secondary N) is 2. The molecule has 0 radical (unpaired) electrons. The van der Waals surface area contributed by atoms with Gasteiger partial charge in [-0.2, -0.15) is 0 Å². The Morgan fingerprint density at radius 3 is 2.94 bits per heavy atom. The fourth-order valence-corrected chi connectivity index (χ4v) is 1.57. The summed E-state index contributed by atoms with van der Waals surface area (Å²) < 4.78 is 0. The van der Waals surface area contributed by atoms with Crippen LogP contribution in [0.5, 0.6) is 0 Å². The molecule has 1 amide bonds. The maximum atomic E-state index is 11.7. The maximum absolute atomic E-state index is 11.7. The Morgan fingerprint density at radius 1 is 1.44 bits per heavy atom. The summed E-state index contributed by atoms with van der Waals surface area (Å²) in [5, 5.41) is 6.46. The minimum atomic E-state index is -0.0789. The maximum Gasteiger partial charge on any atom is 0.238 e. The normalized spacial score (nSPS) is 9.50. The second kappa shape index (κ2) is 7.75. The molecule has 3 nitrogen and oxygen atoms in total. The van der Waals surface area contributed by atoms with Crippen molar-refractivity contribution < 1.29 is 4.79 Å². The second-order valence-electron chi connectivity index (χ2n) is 3.86. The lowest BCUT2D eigenvalue weighted by Gasteiger charge is -2.09. The van der Waals surface area contributed by atoms with Gasteiger partial charge < -0.3 is 10.6 Å². The third-order valence-corrected chi connectivity index (χ3v) is 2.60. The molecule has 0 saturated carbocycles. The van der Waals surface area contributed by atoms with Crippen molar-refractivity contribution in [2.24, 2.45) is 0 Å². The Labute approximate surface area is 113 Å². The van der Waals surface area contributed by atoms with Gasteiger partial charge in [0, 0.05) is 23.7 Å². The van der Waals surface area contributed by atoms with Gasteiger partial charge in [-0.25, -0.2) is 0 Å². The van der Waals surface area contributed by atoms with Crippen LogP contribution in [0.2, 0.25) is 5.02 Å². The van der Waals surface area contributed by atoms with E-state index in [9.17, 15) is 4.79 Å². The second-order valence-corrected chi connectivity index (χ2v) is 4.30. The summed E-state index contributed by atoms with van der Waals surface area (Å²) in [4.78, 5) is 11.7. The van der Waals surface area contributed by atoms with Gasteiger partial charge in [0.2, 0.25) is 5.91 Å². The first-order valence-electron chi connectivity index (χ1n) is 5.80. The van der Waals surface area contributed by atoms with Crippen LogP contribution < -0.4 is 10.6 Å². The number of hydrogen-bond acceptors (Lipinski definition) is 2. The van der Waals surface area contributed by atoms with E-state index in [0.717, 1.165) is 17.7 Å². The van der Waals surface area contributed by atoms with E-state index in [0.29, 0.717) is 11.6 Å². The largest absolute Gasteiger partial charge is 0.325 e. The van der Waals surface area contributed by atoms with Gasteiger partial charge in [-0.15, -0.1) is 11.8 Å². The lowest BCUT2D eigenvalue weighted by molar-refractivity contribution is -0.115. The number of carbonyl (C=O) groups is 1. The number of aryl methyl sites for hydroxylation is 1.